The second-order valence-corrected chi connectivity index (χ2v) is 2.84. The summed E-state index contributed by atoms with van der Waals surface area (Å²) in [5.41, 5.74) is 0.0361. The van der Waals surface area contributed by atoms with Crippen molar-refractivity contribution in [3.63, 3.8) is 0 Å². The molecule has 1 rings (SSSR count). The largest absolute Gasteiger partial charge is 0.405 e. The number of aromatic nitrogens is 2. The van der Waals surface area contributed by atoms with E-state index in [-0.39, 0.29) is 11.5 Å². The van der Waals surface area contributed by atoms with Crippen molar-refractivity contribution in [3.05, 3.63) is 18.1 Å². The summed E-state index contributed by atoms with van der Waals surface area (Å²) in [5, 5.41) is 8.50. The van der Waals surface area contributed by atoms with Crippen LogP contribution >= 0.6 is 0 Å². The predicted octanol–water partition coefficient (Wildman–Crippen LogP) is 1.35. The van der Waals surface area contributed by atoms with Crippen LogP contribution in [0, 0.1) is 11.3 Å². The zero-order valence-electron chi connectivity index (χ0n) is 7.78. The van der Waals surface area contributed by atoms with Gasteiger partial charge in [0.25, 0.3) is 0 Å². The molecular weight excluding hydrogens is 209 g/mol. The van der Waals surface area contributed by atoms with Crippen molar-refractivity contribution in [1.29, 1.82) is 5.26 Å². The van der Waals surface area contributed by atoms with E-state index in [1.165, 1.54) is 13.1 Å². The van der Waals surface area contributed by atoms with E-state index in [1.807, 2.05) is 0 Å². The zero-order chi connectivity index (χ0) is 11.5. The number of nitrogens with zero attached hydrogens (tertiary/aromatic N) is 4. The monoisotopic (exact) mass is 216 g/mol. The Morgan fingerprint density at radius 1 is 1.47 bits per heavy atom. The smallest absolute Gasteiger partial charge is 0.350 e. The molecule has 1 heterocycles. The van der Waals surface area contributed by atoms with Crippen LogP contribution in [0.4, 0.5) is 19.0 Å². The van der Waals surface area contributed by atoms with Crippen LogP contribution in [0.2, 0.25) is 0 Å². The van der Waals surface area contributed by atoms with Crippen LogP contribution in [-0.4, -0.2) is 29.7 Å². The van der Waals surface area contributed by atoms with Gasteiger partial charge in [-0.2, -0.15) is 18.4 Å². The van der Waals surface area contributed by atoms with Crippen LogP contribution < -0.4 is 4.90 Å². The Morgan fingerprint density at radius 3 is 2.67 bits per heavy atom. The van der Waals surface area contributed by atoms with Crippen LogP contribution in [0.5, 0.6) is 0 Å². The van der Waals surface area contributed by atoms with Gasteiger partial charge < -0.3 is 4.90 Å². The SMILES string of the molecule is CN(CC(F)(F)F)c1cc(C#N)ncn1. The third-order valence-electron chi connectivity index (χ3n) is 1.57. The van der Waals surface area contributed by atoms with Gasteiger partial charge in [0, 0.05) is 13.1 Å². The summed E-state index contributed by atoms with van der Waals surface area (Å²) < 4.78 is 36.1. The molecule has 0 aliphatic heterocycles. The van der Waals surface area contributed by atoms with Crippen molar-refractivity contribution in [1.82, 2.24) is 9.97 Å². The van der Waals surface area contributed by atoms with E-state index in [4.69, 9.17) is 5.26 Å². The molecule has 0 atom stereocenters. The number of alkyl halides is 3. The normalized spacial score (nSPS) is 10.9. The summed E-state index contributed by atoms with van der Waals surface area (Å²) in [5.74, 6) is 0.0684. The van der Waals surface area contributed by atoms with Crippen molar-refractivity contribution < 1.29 is 13.2 Å². The quantitative estimate of drug-likeness (QED) is 0.748. The first kappa shape index (κ1) is 11.2. The lowest BCUT2D eigenvalue weighted by atomic mass is 10.4. The molecule has 0 bridgehead atoms. The van der Waals surface area contributed by atoms with Gasteiger partial charge in [-0.15, -0.1) is 0 Å². The first-order valence-electron chi connectivity index (χ1n) is 3.92. The fourth-order valence-electron chi connectivity index (χ4n) is 0.967. The molecule has 0 spiro atoms. The molecule has 1 aromatic heterocycles. The summed E-state index contributed by atoms with van der Waals surface area (Å²) in [6.07, 6.45) is -3.24. The first-order valence-corrected chi connectivity index (χ1v) is 3.92. The number of rotatable bonds is 2. The number of hydrogen-bond donors (Lipinski definition) is 0. The second kappa shape index (κ2) is 4.13. The maximum atomic E-state index is 12.0. The Balaban J connectivity index is 2.83. The number of halogens is 3. The highest BCUT2D eigenvalue weighted by atomic mass is 19.4. The Morgan fingerprint density at radius 2 is 2.13 bits per heavy atom. The summed E-state index contributed by atoms with van der Waals surface area (Å²) in [4.78, 5) is 8.10. The van der Waals surface area contributed by atoms with Crippen LogP contribution in [0.15, 0.2) is 12.4 Å². The van der Waals surface area contributed by atoms with Gasteiger partial charge in [0.2, 0.25) is 0 Å². The average Bonchev–Trinajstić information content (AvgIpc) is 2.15. The molecule has 0 aliphatic rings. The summed E-state index contributed by atoms with van der Waals surface area (Å²) in [6, 6.07) is 2.93. The minimum Gasteiger partial charge on any atom is -0.350 e. The van der Waals surface area contributed by atoms with Gasteiger partial charge >= 0.3 is 6.18 Å². The molecule has 0 aliphatic carbocycles. The van der Waals surface area contributed by atoms with Gasteiger partial charge in [-0.05, 0) is 0 Å². The minimum atomic E-state index is -4.30. The molecule has 1 aromatic rings. The highest BCUT2D eigenvalue weighted by Gasteiger charge is 2.29. The third kappa shape index (κ3) is 3.42. The molecule has 0 fully saturated rings. The Hall–Kier alpha value is -1.84. The van der Waals surface area contributed by atoms with Crippen molar-refractivity contribution in [3.8, 4) is 6.07 Å². The summed E-state index contributed by atoms with van der Waals surface area (Å²) >= 11 is 0. The van der Waals surface area contributed by atoms with Gasteiger partial charge in [0.05, 0.1) is 0 Å². The Bertz CT molecular complexity index is 382. The van der Waals surface area contributed by atoms with Crippen LogP contribution in [0.1, 0.15) is 5.69 Å². The lowest BCUT2D eigenvalue weighted by molar-refractivity contribution is -0.119. The first-order chi connectivity index (χ1) is 6.92. The molecule has 7 heteroatoms. The topological polar surface area (TPSA) is 52.8 Å². The van der Waals surface area contributed by atoms with E-state index in [1.54, 1.807) is 6.07 Å². The maximum Gasteiger partial charge on any atom is 0.405 e. The lowest BCUT2D eigenvalue weighted by Gasteiger charge is -2.19. The van der Waals surface area contributed by atoms with Gasteiger partial charge in [0.15, 0.2) is 0 Å². The van der Waals surface area contributed by atoms with E-state index >= 15 is 0 Å². The highest BCUT2D eigenvalue weighted by Crippen LogP contribution is 2.19. The van der Waals surface area contributed by atoms with E-state index in [9.17, 15) is 13.2 Å². The van der Waals surface area contributed by atoms with Crippen LogP contribution in [-0.2, 0) is 0 Å². The van der Waals surface area contributed by atoms with E-state index in [2.05, 4.69) is 9.97 Å². The molecule has 0 unspecified atom stereocenters. The highest BCUT2D eigenvalue weighted by molar-refractivity contribution is 5.41. The molecule has 0 amide bonds. The standard InChI is InChI=1S/C8H7F3N4/c1-15(4-8(9,10)11)7-2-6(3-12)13-5-14-7/h2,5H,4H2,1H3. The molecule has 0 radical (unpaired) electrons. The van der Waals surface area contributed by atoms with E-state index in [0.717, 1.165) is 11.2 Å². The van der Waals surface area contributed by atoms with Crippen molar-refractivity contribution in [2.24, 2.45) is 0 Å². The van der Waals surface area contributed by atoms with Crippen molar-refractivity contribution in [2.75, 3.05) is 18.5 Å². The van der Waals surface area contributed by atoms with E-state index < -0.39 is 12.7 Å². The maximum absolute atomic E-state index is 12.0. The molecule has 0 aromatic carbocycles. The van der Waals surface area contributed by atoms with Gasteiger partial charge in [-0.1, -0.05) is 0 Å². The fraction of sp³-hybridized carbons (Fsp3) is 0.375. The van der Waals surface area contributed by atoms with E-state index in [0.29, 0.717) is 0 Å². The Kier molecular flexibility index (Phi) is 3.09. The van der Waals surface area contributed by atoms with Crippen LogP contribution in [0.3, 0.4) is 0 Å². The van der Waals surface area contributed by atoms with Gasteiger partial charge in [0.1, 0.15) is 30.5 Å². The van der Waals surface area contributed by atoms with Gasteiger partial charge in [-0.25, -0.2) is 9.97 Å². The molecule has 4 nitrogen and oxygen atoms in total. The zero-order valence-corrected chi connectivity index (χ0v) is 7.78. The number of hydrogen-bond acceptors (Lipinski definition) is 4. The summed E-state index contributed by atoms with van der Waals surface area (Å²) in [7, 11) is 1.25. The predicted molar refractivity (Wildman–Crippen MR) is 46.1 cm³/mol. The minimum absolute atomic E-state index is 0.0361. The molecule has 0 N–H and O–H groups in total. The average molecular weight is 216 g/mol. The summed E-state index contributed by atoms with van der Waals surface area (Å²) in [6.45, 7) is -1.12. The third-order valence-corrected chi connectivity index (χ3v) is 1.57. The molecular formula is C8H7F3N4. The lowest BCUT2D eigenvalue weighted by Crippen LogP contribution is -2.31. The number of nitriles is 1. The van der Waals surface area contributed by atoms with Crippen molar-refractivity contribution in [2.45, 2.75) is 6.18 Å². The van der Waals surface area contributed by atoms with Gasteiger partial charge in [-0.3, -0.25) is 0 Å². The second-order valence-electron chi connectivity index (χ2n) is 2.84. The fourth-order valence-corrected chi connectivity index (χ4v) is 0.967. The molecule has 0 saturated carbocycles. The van der Waals surface area contributed by atoms with Crippen molar-refractivity contribution >= 4 is 5.82 Å². The van der Waals surface area contributed by atoms with Crippen LogP contribution in [0.25, 0.3) is 0 Å². The molecule has 0 saturated heterocycles. The Labute approximate surface area is 84.0 Å². The molecule has 80 valence electrons. The number of anilines is 1. The molecule has 15 heavy (non-hydrogen) atoms.